The maximum atomic E-state index is 12.7. The van der Waals surface area contributed by atoms with Gasteiger partial charge in [0, 0.05) is 19.1 Å². The van der Waals surface area contributed by atoms with Gasteiger partial charge in [-0.25, -0.2) is 0 Å². The van der Waals surface area contributed by atoms with E-state index in [1.54, 1.807) is 10.4 Å². The molecule has 1 aromatic rings. The Morgan fingerprint density at radius 2 is 2.05 bits per heavy atom. The minimum Gasteiger partial charge on any atom is -0.315 e. The SMILES string of the molecule is CCNCC1CCCCN1S(=O)(=O)Nc1ccccc1C. The summed E-state index contributed by atoms with van der Waals surface area (Å²) in [7, 11) is -3.50. The van der Waals surface area contributed by atoms with E-state index in [2.05, 4.69) is 10.0 Å². The van der Waals surface area contributed by atoms with Gasteiger partial charge in [0.05, 0.1) is 5.69 Å². The summed E-state index contributed by atoms with van der Waals surface area (Å²) < 4.78 is 29.7. The van der Waals surface area contributed by atoms with Crippen LogP contribution in [0.5, 0.6) is 0 Å². The maximum Gasteiger partial charge on any atom is 0.301 e. The van der Waals surface area contributed by atoms with Gasteiger partial charge >= 0.3 is 10.2 Å². The van der Waals surface area contributed by atoms with Crippen LogP contribution >= 0.6 is 0 Å². The summed E-state index contributed by atoms with van der Waals surface area (Å²) in [5, 5.41) is 3.26. The lowest BCUT2D eigenvalue weighted by Crippen LogP contribution is -2.50. The fourth-order valence-electron chi connectivity index (χ4n) is 2.69. The Balaban J connectivity index is 2.14. The summed E-state index contributed by atoms with van der Waals surface area (Å²) >= 11 is 0. The van der Waals surface area contributed by atoms with E-state index in [1.807, 2.05) is 32.0 Å². The Bertz CT molecular complexity index is 560. The van der Waals surface area contributed by atoms with Crippen molar-refractivity contribution < 1.29 is 8.42 Å². The third-order valence-electron chi connectivity index (χ3n) is 3.90. The Hall–Kier alpha value is -1.11. The molecule has 2 rings (SSSR count). The highest BCUT2D eigenvalue weighted by Crippen LogP contribution is 2.23. The molecule has 0 radical (unpaired) electrons. The minimum atomic E-state index is -3.50. The lowest BCUT2D eigenvalue weighted by atomic mass is 10.1. The highest BCUT2D eigenvalue weighted by Gasteiger charge is 2.32. The number of piperidine rings is 1. The number of hydrogen-bond acceptors (Lipinski definition) is 3. The monoisotopic (exact) mass is 311 g/mol. The van der Waals surface area contributed by atoms with Gasteiger partial charge in [-0.15, -0.1) is 0 Å². The van der Waals surface area contributed by atoms with Crippen molar-refractivity contribution in [1.29, 1.82) is 0 Å². The lowest BCUT2D eigenvalue weighted by molar-refractivity contribution is 0.248. The molecule has 0 aromatic heterocycles. The number of nitrogens with zero attached hydrogens (tertiary/aromatic N) is 1. The highest BCUT2D eigenvalue weighted by atomic mass is 32.2. The quantitative estimate of drug-likeness (QED) is 0.846. The molecule has 0 saturated carbocycles. The maximum absolute atomic E-state index is 12.7. The fourth-order valence-corrected chi connectivity index (χ4v) is 4.26. The Morgan fingerprint density at radius 3 is 2.76 bits per heavy atom. The molecule has 1 saturated heterocycles. The molecular weight excluding hydrogens is 286 g/mol. The van der Waals surface area contributed by atoms with Crippen LogP contribution in [0.3, 0.4) is 0 Å². The number of anilines is 1. The predicted molar refractivity (Wildman–Crippen MR) is 86.6 cm³/mol. The molecule has 1 aliphatic rings. The first kappa shape index (κ1) is 16.3. The van der Waals surface area contributed by atoms with E-state index in [0.717, 1.165) is 31.4 Å². The predicted octanol–water partition coefficient (Wildman–Crippen LogP) is 2.12. The third kappa shape index (κ3) is 4.18. The Kier molecular flexibility index (Phi) is 5.61. The fraction of sp³-hybridized carbons (Fsp3) is 0.600. The number of rotatable bonds is 6. The molecule has 0 amide bonds. The molecule has 2 N–H and O–H groups in total. The average Bonchev–Trinajstić information content (AvgIpc) is 2.47. The molecule has 6 heteroatoms. The molecule has 0 aliphatic carbocycles. The van der Waals surface area contributed by atoms with Crippen LogP contribution < -0.4 is 10.0 Å². The van der Waals surface area contributed by atoms with Crippen molar-refractivity contribution in [3.05, 3.63) is 29.8 Å². The zero-order valence-corrected chi connectivity index (χ0v) is 13.6. The molecule has 5 nitrogen and oxygen atoms in total. The van der Waals surface area contributed by atoms with Crippen molar-refractivity contribution in [2.45, 2.75) is 39.2 Å². The molecule has 1 unspecified atom stereocenters. The van der Waals surface area contributed by atoms with Crippen LogP contribution in [-0.4, -0.2) is 38.4 Å². The zero-order valence-electron chi connectivity index (χ0n) is 12.8. The zero-order chi connectivity index (χ0) is 15.3. The lowest BCUT2D eigenvalue weighted by Gasteiger charge is -2.35. The second-order valence-electron chi connectivity index (χ2n) is 5.49. The number of benzene rings is 1. The van der Waals surface area contributed by atoms with Crippen LogP contribution in [0.2, 0.25) is 0 Å². The summed E-state index contributed by atoms with van der Waals surface area (Å²) in [6, 6.07) is 7.50. The summed E-state index contributed by atoms with van der Waals surface area (Å²) in [6.45, 7) is 6.11. The normalized spacial score (nSPS) is 20.4. The van der Waals surface area contributed by atoms with Gasteiger partial charge in [0.25, 0.3) is 0 Å². The first-order valence-corrected chi connectivity index (χ1v) is 9.04. The molecule has 1 aromatic carbocycles. The van der Waals surface area contributed by atoms with Gasteiger partial charge in [-0.2, -0.15) is 12.7 Å². The van der Waals surface area contributed by atoms with Crippen LogP contribution in [0.15, 0.2) is 24.3 Å². The van der Waals surface area contributed by atoms with Gasteiger partial charge in [0.1, 0.15) is 0 Å². The molecule has 1 fully saturated rings. The van der Waals surface area contributed by atoms with E-state index in [-0.39, 0.29) is 6.04 Å². The van der Waals surface area contributed by atoms with Crippen LogP contribution in [-0.2, 0) is 10.2 Å². The first-order valence-electron chi connectivity index (χ1n) is 7.60. The van der Waals surface area contributed by atoms with Crippen LogP contribution in [0.4, 0.5) is 5.69 Å². The second kappa shape index (κ2) is 7.24. The van der Waals surface area contributed by atoms with Crippen molar-refractivity contribution >= 4 is 15.9 Å². The van der Waals surface area contributed by atoms with Crippen molar-refractivity contribution in [3.8, 4) is 0 Å². The minimum absolute atomic E-state index is 0.0419. The van der Waals surface area contributed by atoms with E-state index < -0.39 is 10.2 Å². The molecule has 21 heavy (non-hydrogen) atoms. The van der Waals surface area contributed by atoms with E-state index >= 15 is 0 Å². The number of para-hydroxylation sites is 1. The van der Waals surface area contributed by atoms with Crippen LogP contribution in [0.25, 0.3) is 0 Å². The van der Waals surface area contributed by atoms with Crippen molar-refractivity contribution in [1.82, 2.24) is 9.62 Å². The largest absolute Gasteiger partial charge is 0.315 e. The Labute approximate surface area is 127 Å². The number of hydrogen-bond donors (Lipinski definition) is 2. The van der Waals surface area contributed by atoms with E-state index in [1.165, 1.54) is 0 Å². The Morgan fingerprint density at radius 1 is 1.29 bits per heavy atom. The molecular formula is C15H25N3O2S. The van der Waals surface area contributed by atoms with Gasteiger partial charge in [-0.3, -0.25) is 4.72 Å². The van der Waals surface area contributed by atoms with E-state index in [0.29, 0.717) is 18.8 Å². The number of likely N-dealkylation sites (N-methyl/N-ethyl adjacent to an activating group) is 1. The van der Waals surface area contributed by atoms with Crippen LogP contribution in [0, 0.1) is 6.92 Å². The van der Waals surface area contributed by atoms with Crippen molar-refractivity contribution in [2.24, 2.45) is 0 Å². The topological polar surface area (TPSA) is 61.4 Å². The average molecular weight is 311 g/mol. The summed E-state index contributed by atoms with van der Waals surface area (Å²) in [5.41, 5.74) is 1.59. The third-order valence-corrected chi connectivity index (χ3v) is 5.47. The van der Waals surface area contributed by atoms with Gasteiger partial charge in [0.2, 0.25) is 0 Å². The summed E-state index contributed by atoms with van der Waals surface area (Å²) in [4.78, 5) is 0. The summed E-state index contributed by atoms with van der Waals surface area (Å²) in [5.74, 6) is 0. The second-order valence-corrected chi connectivity index (χ2v) is 7.11. The number of aryl methyl sites for hydroxylation is 1. The smallest absolute Gasteiger partial charge is 0.301 e. The van der Waals surface area contributed by atoms with Crippen molar-refractivity contribution in [2.75, 3.05) is 24.4 Å². The van der Waals surface area contributed by atoms with Crippen LogP contribution in [0.1, 0.15) is 31.7 Å². The summed E-state index contributed by atoms with van der Waals surface area (Å²) in [6.07, 6.45) is 2.94. The highest BCUT2D eigenvalue weighted by molar-refractivity contribution is 7.90. The van der Waals surface area contributed by atoms with Gasteiger partial charge < -0.3 is 5.32 Å². The molecule has 1 heterocycles. The van der Waals surface area contributed by atoms with Crippen molar-refractivity contribution in [3.63, 3.8) is 0 Å². The van der Waals surface area contributed by atoms with Gasteiger partial charge in [0.15, 0.2) is 0 Å². The molecule has 1 atom stereocenters. The van der Waals surface area contributed by atoms with Gasteiger partial charge in [-0.1, -0.05) is 31.5 Å². The number of nitrogens with one attached hydrogen (secondary N) is 2. The molecule has 1 aliphatic heterocycles. The van der Waals surface area contributed by atoms with E-state index in [9.17, 15) is 8.42 Å². The molecule has 118 valence electrons. The van der Waals surface area contributed by atoms with Gasteiger partial charge in [-0.05, 0) is 37.9 Å². The first-order chi connectivity index (χ1) is 10.0. The standard InChI is InChI=1S/C15H25N3O2S/c1-3-16-12-14-9-6-7-11-18(14)21(19,20)17-15-10-5-4-8-13(15)2/h4-5,8,10,14,16-17H,3,6-7,9,11-12H2,1-2H3. The molecule has 0 spiro atoms. The van der Waals surface area contributed by atoms with E-state index in [4.69, 9.17) is 0 Å². The molecule has 0 bridgehead atoms.